The molecule has 2 aliphatic rings. The van der Waals surface area contributed by atoms with Gasteiger partial charge >= 0.3 is 0 Å². The van der Waals surface area contributed by atoms with Crippen molar-refractivity contribution in [2.45, 2.75) is 16.7 Å². The molecule has 1 fully saturated rings. The standard InChI is InChI=1S/C19H21N3O6S2/c20-19(24)16-12-22(14-3-1-2-4-15(14)28-16)17(23)11-13-5-6-18(29-13)30(25,26)21-7-9-27-10-8-21/h1-6,16H,7-12H2,(H2,20,24)/t16-/m1/s1. The van der Waals surface area contributed by atoms with Crippen LogP contribution in [0.15, 0.2) is 40.6 Å². The first-order valence-electron chi connectivity index (χ1n) is 9.38. The van der Waals surface area contributed by atoms with Gasteiger partial charge in [0.15, 0.2) is 6.10 Å². The Morgan fingerprint density at radius 1 is 1.13 bits per heavy atom. The number of benzene rings is 1. The maximum atomic E-state index is 13.0. The van der Waals surface area contributed by atoms with E-state index in [1.807, 2.05) is 0 Å². The Kier molecular flexibility index (Phi) is 5.78. The van der Waals surface area contributed by atoms with Crippen molar-refractivity contribution in [3.8, 4) is 5.75 Å². The number of hydrogen-bond acceptors (Lipinski definition) is 7. The van der Waals surface area contributed by atoms with Gasteiger partial charge in [-0.1, -0.05) is 12.1 Å². The average Bonchev–Trinajstić information content (AvgIpc) is 3.22. The summed E-state index contributed by atoms with van der Waals surface area (Å²) >= 11 is 1.07. The van der Waals surface area contributed by atoms with Crippen molar-refractivity contribution in [1.29, 1.82) is 0 Å². The first-order chi connectivity index (χ1) is 14.4. The van der Waals surface area contributed by atoms with Crippen molar-refractivity contribution in [1.82, 2.24) is 4.31 Å². The number of amides is 2. The Hall–Kier alpha value is -2.47. The molecule has 0 bridgehead atoms. The normalized spacial score (nSPS) is 19.7. The van der Waals surface area contributed by atoms with E-state index in [-0.39, 0.29) is 23.1 Å². The molecule has 0 radical (unpaired) electrons. The lowest BCUT2D eigenvalue weighted by Crippen LogP contribution is -2.49. The van der Waals surface area contributed by atoms with E-state index in [0.29, 0.717) is 42.6 Å². The van der Waals surface area contributed by atoms with E-state index in [4.69, 9.17) is 15.2 Å². The van der Waals surface area contributed by atoms with Gasteiger partial charge in [-0.2, -0.15) is 4.31 Å². The zero-order chi connectivity index (χ0) is 21.3. The van der Waals surface area contributed by atoms with Gasteiger partial charge in [0.25, 0.3) is 15.9 Å². The van der Waals surface area contributed by atoms with Gasteiger partial charge in [0.05, 0.1) is 31.9 Å². The number of anilines is 1. The van der Waals surface area contributed by atoms with Crippen LogP contribution in [0, 0.1) is 0 Å². The smallest absolute Gasteiger partial charge is 0.260 e. The molecule has 1 aromatic heterocycles. The second-order valence-corrected chi connectivity index (χ2v) is 10.2. The van der Waals surface area contributed by atoms with Crippen molar-refractivity contribution in [2.24, 2.45) is 5.73 Å². The molecule has 1 saturated heterocycles. The highest BCUT2D eigenvalue weighted by Gasteiger charge is 2.33. The summed E-state index contributed by atoms with van der Waals surface area (Å²) in [5.41, 5.74) is 5.93. The first kappa shape index (κ1) is 20.8. The van der Waals surface area contributed by atoms with Gasteiger partial charge in [0, 0.05) is 18.0 Å². The molecule has 2 aromatic rings. The van der Waals surface area contributed by atoms with Crippen LogP contribution in [0.4, 0.5) is 5.69 Å². The minimum absolute atomic E-state index is 0.00309. The highest BCUT2D eigenvalue weighted by Crippen LogP contribution is 2.34. The van der Waals surface area contributed by atoms with E-state index in [1.54, 1.807) is 30.3 Å². The molecule has 0 aliphatic carbocycles. The fraction of sp³-hybridized carbons (Fsp3) is 0.368. The number of rotatable bonds is 5. The number of carbonyl (C=O) groups is 2. The van der Waals surface area contributed by atoms with Crippen LogP contribution in [0.3, 0.4) is 0 Å². The largest absolute Gasteiger partial charge is 0.477 e. The molecule has 2 aliphatic heterocycles. The molecule has 1 atom stereocenters. The molecule has 0 saturated carbocycles. The minimum Gasteiger partial charge on any atom is -0.477 e. The highest BCUT2D eigenvalue weighted by molar-refractivity contribution is 7.91. The number of nitrogens with zero attached hydrogens (tertiary/aromatic N) is 2. The SMILES string of the molecule is NC(=O)[C@H]1CN(C(=O)Cc2ccc(S(=O)(=O)N3CCOCC3)s2)c2ccccc2O1. The second-order valence-electron chi connectivity index (χ2n) is 6.89. The molecule has 0 spiro atoms. The summed E-state index contributed by atoms with van der Waals surface area (Å²) < 4.78 is 38.0. The summed E-state index contributed by atoms with van der Waals surface area (Å²) in [5, 5.41) is 0. The number of sulfonamides is 1. The number of para-hydroxylation sites is 2. The van der Waals surface area contributed by atoms with Gasteiger partial charge in [-0.15, -0.1) is 11.3 Å². The molecule has 30 heavy (non-hydrogen) atoms. The van der Waals surface area contributed by atoms with Gasteiger partial charge in [-0.3, -0.25) is 9.59 Å². The third-order valence-corrected chi connectivity index (χ3v) is 8.37. The molecule has 4 rings (SSSR count). The van der Waals surface area contributed by atoms with Crippen LogP contribution >= 0.6 is 11.3 Å². The molecular weight excluding hydrogens is 430 g/mol. The summed E-state index contributed by atoms with van der Waals surface area (Å²) in [7, 11) is -3.60. The van der Waals surface area contributed by atoms with Gasteiger partial charge < -0.3 is 20.1 Å². The predicted octanol–water partition coefficient (Wildman–Crippen LogP) is 0.591. The van der Waals surface area contributed by atoms with Crippen LogP contribution in [0.2, 0.25) is 0 Å². The summed E-state index contributed by atoms with van der Waals surface area (Å²) in [6, 6.07) is 10.1. The van der Waals surface area contributed by atoms with Crippen molar-refractivity contribution in [2.75, 3.05) is 37.7 Å². The molecule has 160 valence electrons. The molecule has 2 amide bonds. The molecule has 11 heteroatoms. The maximum Gasteiger partial charge on any atom is 0.260 e. The summed E-state index contributed by atoms with van der Waals surface area (Å²) in [6.07, 6.45) is -0.937. The van der Waals surface area contributed by atoms with E-state index in [0.717, 1.165) is 11.3 Å². The number of thiophene rings is 1. The molecule has 2 N–H and O–H groups in total. The topological polar surface area (TPSA) is 119 Å². The van der Waals surface area contributed by atoms with E-state index in [1.165, 1.54) is 15.3 Å². The lowest BCUT2D eigenvalue weighted by atomic mass is 10.1. The number of nitrogens with two attached hydrogens (primary N) is 1. The zero-order valence-electron chi connectivity index (χ0n) is 16.0. The fourth-order valence-electron chi connectivity index (χ4n) is 3.37. The number of primary amides is 1. The number of carbonyl (C=O) groups excluding carboxylic acids is 2. The van der Waals surface area contributed by atoms with E-state index in [9.17, 15) is 18.0 Å². The first-order valence-corrected chi connectivity index (χ1v) is 11.6. The van der Waals surface area contributed by atoms with Gasteiger partial charge in [0.2, 0.25) is 5.91 Å². The van der Waals surface area contributed by atoms with E-state index < -0.39 is 22.0 Å². The molecule has 9 nitrogen and oxygen atoms in total. The van der Waals surface area contributed by atoms with Crippen molar-refractivity contribution >= 4 is 38.9 Å². The van der Waals surface area contributed by atoms with Crippen molar-refractivity contribution in [3.63, 3.8) is 0 Å². The zero-order valence-corrected chi connectivity index (χ0v) is 17.7. The Bertz CT molecular complexity index is 1060. The minimum atomic E-state index is -3.60. The summed E-state index contributed by atoms with van der Waals surface area (Å²) in [6.45, 7) is 1.37. The van der Waals surface area contributed by atoms with Crippen LogP contribution in [0.1, 0.15) is 4.88 Å². The van der Waals surface area contributed by atoms with E-state index >= 15 is 0 Å². The van der Waals surface area contributed by atoms with Crippen LogP contribution in [-0.4, -0.2) is 63.5 Å². The second kappa shape index (κ2) is 8.34. The van der Waals surface area contributed by atoms with Crippen molar-refractivity contribution < 1.29 is 27.5 Å². The lowest BCUT2D eigenvalue weighted by molar-refractivity contribution is -0.125. The van der Waals surface area contributed by atoms with Gasteiger partial charge in [-0.05, 0) is 24.3 Å². The monoisotopic (exact) mass is 451 g/mol. The summed E-state index contributed by atoms with van der Waals surface area (Å²) in [4.78, 5) is 26.7. The molecular formula is C19H21N3O6S2. The molecule has 0 unspecified atom stereocenters. The van der Waals surface area contributed by atoms with Gasteiger partial charge in [0.1, 0.15) is 9.96 Å². The quantitative estimate of drug-likeness (QED) is 0.711. The Balaban J connectivity index is 1.52. The Morgan fingerprint density at radius 2 is 1.87 bits per heavy atom. The number of ether oxygens (including phenoxy) is 2. The fourth-order valence-corrected chi connectivity index (χ4v) is 6.28. The molecule has 1 aromatic carbocycles. The van der Waals surface area contributed by atoms with Crippen LogP contribution in [0.25, 0.3) is 0 Å². The van der Waals surface area contributed by atoms with E-state index in [2.05, 4.69) is 0 Å². The lowest BCUT2D eigenvalue weighted by Gasteiger charge is -2.33. The number of fused-ring (bicyclic) bond motifs is 1. The third kappa shape index (κ3) is 4.06. The third-order valence-electron chi connectivity index (χ3n) is 4.92. The molecule has 3 heterocycles. The highest BCUT2D eigenvalue weighted by atomic mass is 32.2. The van der Waals surface area contributed by atoms with Crippen LogP contribution in [0.5, 0.6) is 5.75 Å². The predicted molar refractivity (Wildman–Crippen MR) is 110 cm³/mol. The van der Waals surface area contributed by atoms with Crippen LogP contribution in [-0.2, 0) is 30.8 Å². The summed E-state index contributed by atoms with van der Waals surface area (Å²) in [5.74, 6) is -0.519. The Morgan fingerprint density at radius 3 is 2.60 bits per heavy atom. The van der Waals surface area contributed by atoms with Crippen LogP contribution < -0.4 is 15.4 Å². The van der Waals surface area contributed by atoms with Crippen molar-refractivity contribution in [3.05, 3.63) is 41.3 Å². The number of hydrogen-bond donors (Lipinski definition) is 1. The average molecular weight is 452 g/mol. The maximum absolute atomic E-state index is 13.0. The Labute approximate surface area is 178 Å². The number of morpholine rings is 1. The van der Waals surface area contributed by atoms with Gasteiger partial charge in [-0.25, -0.2) is 8.42 Å².